The van der Waals surface area contributed by atoms with E-state index in [2.05, 4.69) is 33.0 Å². The number of amides is 2. The van der Waals surface area contributed by atoms with Gasteiger partial charge in [0.05, 0.1) is 6.54 Å². The van der Waals surface area contributed by atoms with Gasteiger partial charge in [-0.25, -0.2) is 0 Å². The minimum Gasteiger partial charge on any atom is -0.334 e. The van der Waals surface area contributed by atoms with Crippen molar-refractivity contribution in [3.05, 3.63) is 29.3 Å². The highest BCUT2D eigenvalue weighted by atomic mass is 16.2. The molecule has 1 aromatic rings. The number of hydrogen-bond donors (Lipinski definition) is 1. The van der Waals surface area contributed by atoms with Gasteiger partial charge in [-0.1, -0.05) is 45.9 Å². The fraction of sp³-hybridized carbons (Fsp3) is 0.579. The van der Waals surface area contributed by atoms with Crippen molar-refractivity contribution in [2.75, 3.05) is 18.4 Å². The van der Waals surface area contributed by atoms with Gasteiger partial charge in [-0.15, -0.1) is 0 Å². The molecule has 2 amide bonds. The van der Waals surface area contributed by atoms with Crippen LogP contribution in [0.5, 0.6) is 0 Å². The predicted molar refractivity (Wildman–Crippen MR) is 95.5 cm³/mol. The summed E-state index contributed by atoms with van der Waals surface area (Å²) in [6.45, 7) is 10.6. The molecule has 0 atom stereocenters. The molecular formula is C19H30N2O2. The van der Waals surface area contributed by atoms with Gasteiger partial charge >= 0.3 is 0 Å². The fourth-order valence-corrected chi connectivity index (χ4v) is 2.52. The van der Waals surface area contributed by atoms with E-state index in [4.69, 9.17) is 0 Å². The van der Waals surface area contributed by atoms with E-state index in [1.54, 1.807) is 4.90 Å². The molecule has 1 rings (SSSR count). The van der Waals surface area contributed by atoms with E-state index in [-0.39, 0.29) is 18.4 Å². The standard InChI is InChI=1S/C19H30N2O2/c1-6-16-9-8-10-17(7-2)19(16)20-18(23)13-21(15(5)22)12-11-14(3)4/h8-10,14H,6-7,11-13H2,1-5H3,(H,20,23). The lowest BCUT2D eigenvalue weighted by molar-refractivity contribution is -0.132. The Labute approximate surface area is 140 Å². The van der Waals surface area contributed by atoms with Gasteiger partial charge in [-0.3, -0.25) is 9.59 Å². The molecule has 4 nitrogen and oxygen atoms in total. The van der Waals surface area contributed by atoms with Crippen LogP contribution in [0.2, 0.25) is 0 Å². The molecule has 0 saturated heterocycles. The highest BCUT2D eigenvalue weighted by Gasteiger charge is 2.16. The summed E-state index contributed by atoms with van der Waals surface area (Å²) in [6, 6.07) is 6.10. The van der Waals surface area contributed by atoms with E-state index in [1.807, 2.05) is 18.2 Å². The number of benzene rings is 1. The smallest absolute Gasteiger partial charge is 0.244 e. The third-order valence-corrected chi connectivity index (χ3v) is 4.02. The van der Waals surface area contributed by atoms with Gasteiger partial charge in [0.25, 0.3) is 0 Å². The number of nitrogens with one attached hydrogen (secondary N) is 1. The minimum absolute atomic E-state index is 0.0553. The van der Waals surface area contributed by atoms with Crippen LogP contribution in [-0.2, 0) is 22.4 Å². The normalized spacial score (nSPS) is 10.7. The molecule has 0 spiro atoms. The van der Waals surface area contributed by atoms with Crippen LogP contribution in [-0.4, -0.2) is 29.8 Å². The van der Waals surface area contributed by atoms with Crippen molar-refractivity contribution in [3.8, 4) is 0 Å². The molecule has 0 aliphatic rings. The molecule has 0 radical (unpaired) electrons. The zero-order chi connectivity index (χ0) is 17.4. The second-order valence-corrected chi connectivity index (χ2v) is 6.33. The van der Waals surface area contributed by atoms with Crippen molar-refractivity contribution in [1.82, 2.24) is 4.90 Å². The summed E-state index contributed by atoms with van der Waals surface area (Å²) in [4.78, 5) is 25.8. The zero-order valence-electron chi connectivity index (χ0n) is 15.1. The highest BCUT2D eigenvalue weighted by molar-refractivity contribution is 5.95. The average molecular weight is 318 g/mol. The lowest BCUT2D eigenvalue weighted by atomic mass is 10.0. The molecule has 0 aliphatic carbocycles. The minimum atomic E-state index is -0.125. The van der Waals surface area contributed by atoms with Crippen LogP contribution >= 0.6 is 0 Å². The van der Waals surface area contributed by atoms with Crippen LogP contribution < -0.4 is 5.32 Å². The maximum absolute atomic E-state index is 12.4. The summed E-state index contributed by atoms with van der Waals surface area (Å²) in [5, 5.41) is 3.02. The first-order chi connectivity index (χ1) is 10.9. The number of carbonyl (C=O) groups is 2. The zero-order valence-corrected chi connectivity index (χ0v) is 15.1. The Morgan fingerprint density at radius 1 is 1.13 bits per heavy atom. The predicted octanol–water partition coefficient (Wildman–Crippen LogP) is 3.64. The highest BCUT2D eigenvalue weighted by Crippen LogP contribution is 2.22. The van der Waals surface area contributed by atoms with Crippen LogP contribution in [0.3, 0.4) is 0 Å². The second kappa shape index (κ2) is 9.33. The van der Waals surface area contributed by atoms with Crippen LogP contribution in [0, 0.1) is 5.92 Å². The molecule has 0 aliphatic heterocycles. The Morgan fingerprint density at radius 3 is 2.13 bits per heavy atom. The van der Waals surface area contributed by atoms with Crippen molar-refractivity contribution in [3.63, 3.8) is 0 Å². The van der Waals surface area contributed by atoms with Gasteiger partial charge < -0.3 is 10.2 Å². The Kier molecular flexibility index (Phi) is 7.79. The molecule has 4 heteroatoms. The first-order valence-electron chi connectivity index (χ1n) is 8.55. The molecule has 0 aromatic heterocycles. The molecular weight excluding hydrogens is 288 g/mol. The first-order valence-corrected chi connectivity index (χ1v) is 8.55. The summed E-state index contributed by atoms with van der Waals surface area (Å²) in [7, 11) is 0. The third-order valence-electron chi connectivity index (χ3n) is 4.02. The van der Waals surface area contributed by atoms with Crippen LogP contribution in [0.15, 0.2) is 18.2 Å². The topological polar surface area (TPSA) is 49.4 Å². The van der Waals surface area contributed by atoms with Crippen molar-refractivity contribution >= 4 is 17.5 Å². The maximum atomic E-state index is 12.4. The number of rotatable bonds is 8. The summed E-state index contributed by atoms with van der Waals surface area (Å²) in [6.07, 6.45) is 2.64. The molecule has 0 unspecified atom stereocenters. The summed E-state index contributed by atoms with van der Waals surface area (Å²) < 4.78 is 0. The van der Waals surface area contributed by atoms with E-state index in [0.717, 1.165) is 36.1 Å². The van der Waals surface area contributed by atoms with Crippen LogP contribution in [0.25, 0.3) is 0 Å². The number of hydrogen-bond acceptors (Lipinski definition) is 2. The number of anilines is 1. The molecule has 23 heavy (non-hydrogen) atoms. The van der Waals surface area contributed by atoms with Crippen molar-refractivity contribution in [2.45, 2.75) is 53.9 Å². The van der Waals surface area contributed by atoms with Crippen LogP contribution in [0.1, 0.15) is 52.2 Å². The average Bonchev–Trinajstić information content (AvgIpc) is 2.51. The maximum Gasteiger partial charge on any atom is 0.244 e. The van der Waals surface area contributed by atoms with E-state index in [0.29, 0.717) is 12.5 Å². The lowest BCUT2D eigenvalue weighted by Crippen LogP contribution is -2.37. The number of para-hydroxylation sites is 1. The van der Waals surface area contributed by atoms with Gasteiger partial charge in [0.1, 0.15) is 0 Å². The van der Waals surface area contributed by atoms with Crippen molar-refractivity contribution < 1.29 is 9.59 Å². The van der Waals surface area contributed by atoms with E-state index in [9.17, 15) is 9.59 Å². The molecule has 1 N–H and O–H groups in total. The van der Waals surface area contributed by atoms with Gasteiger partial charge in [0.2, 0.25) is 11.8 Å². The summed E-state index contributed by atoms with van der Waals surface area (Å²) in [5.74, 6) is 0.326. The molecule has 0 bridgehead atoms. The molecule has 1 aromatic carbocycles. The van der Waals surface area contributed by atoms with Crippen molar-refractivity contribution in [2.24, 2.45) is 5.92 Å². The van der Waals surface area contributed by atoms with Crippen molar-refractivity contribution in [1.29, 1.82) is 0 Å². The SMILES string of the molecule is CCc1cccc(CC)c1NC(=O)CN(CCC(C)C)C(C)=O. The van der Waals surface area contributed by atoms with Crippen LogP contribution in [0.4, 0.5) is 5.69 Å². The third kappa shape index (κ3) is 6.05. The first kappa shape index (κ1) is 19.2. The second-order valence-electron chi connectivity index (χ2n) is 6.33. The number of nitrogens with zero attached hydrogens (tertiary/aromatic N) is 1. The Morgan fingerprint density at radius 2 is 1.70 bits per heavy atom. The number of aryl methyl sites for hydroxylation is 2. The van der Waals surface area contributed by atoms with Gasteiger partial charge in [0, 0.05) is 19.2 Å². The van der Waals surface area contributed by atoms with Gasteiger partial charge in [-0.05, 0) is 36.3 Å². The number of carbonyl (C=O) groups excluding carboxylic acids is 2. The molecule has 0 fully saturated rings. The summed E-state index contributed by atoms with van der Waals surface area (Å²) in [5.41, 5.74) is 3.18. The Hall–Kier alpha value is -1.84. The van der Waals surface area contributed by atoms with Gasteiger partial charge in [0.15, 0.2) is 0 Å². The van der Waals surface area contributed by atoms with Gasteiger partial charge in [-0.2, -0.15) is 0 Å². The van der Waals surface area contributed by atoms with E-state index in [1.165, 1.54) is 6.92 Å². The monoisotopic (exact) mass is 318 g/mol. The van der Waals surface area contributed by atoms with E-state index < -0.39 is 0 Å². The largest absolute Gasteiger partial charge is 0.334 e. The lowest BCUT2D eigenvalue weighted by Gasteiger charge is -2.22. The Balaban J connectivity index is 2.80. The van der Waals surface area contributed by atoms with E-state index >= 15 is 0 Å². The summed E-state index contributed by atoms with van der Waals surface area (Å²) >= 11 is 0. The Bertz CT molecular complexity index is 516. The molecule has 128 valence electrons. The quantitative estimate of drug-likeness (QED) is 0.795. The molecule has 0 saturated carbocycles. The molecule has 0 heterocycles. The fourth-order valence-electron chi connectivity index (χ4n) is 2.52.